The minimum Gasteiger partial charge on any atom is -0.468 e. The van der Waals surface area contributed by atoms with Crippen LogP contribution in [0.1, 0.15) is 18.4 Å². The number of ketones is 1. The number of carbonyl (C=O) groups is 2. The van der Waals surface area contributed by atoms with Crippen LogP contribution in [0, 0.1) is 5.41 Å². The predicted octanol–water partition coefficient (Wildman–Crippen LogP) is 2.31. The Bertz CT molecular complexity index is 476. The zero-order valence-corrected chi connectivity index (χ0v) is 10.4. The van der Waals surface area contributed by atoms with Crippen LogP contribution < -0.4 is 0 Å². The van der Waals surface area contributed by atoms with Gasteiger partial charge in [0.2, 0.25) is 0 Å². The van der Waals surface area contributed by atoms with Gasteiger partial charge in [-0.15, -0.1) is 0 Å². The van der Waals surface area contributed by atoms with E-state index in [0.29, 0.717) is 19.3 Å². The van der Waals surface area contributed by atoms with E-state index in [4.69, 9.17) is 4.74 Å². The molecule has 0 saturated carbocycles. The molecule has 1 aromatic carbocycles. The molecule has 3 nitrogen and oxygen atoms in total. The van der Waals surface area contributed by atoms with Crippen molar-refractivity contribution in [3.63, 3.8) is 0 Å². The van der Waals surface area contributed by atoms with Crippen LogP contribution in [-0.4, -0.2) is 18.9 Å². The Labute approximate surface area is 106 Å². The fourth-order valence-corrected chi connectivity index (χ4v) is 2.32. The Kier molecular flexibility index (Phi) is 3.60. The molecule has 0 unspecified atom stereocenters. The number of rotatable bonds is 3. The van der Waals surface area contributed by atoms with Crippen LogP contribution in [0.2, 0.25) is 0 Å². The molecule has 0 spiro atoms. The lowest BCUT2D eigenvalue weighted by molar-refractivity contribution is -0.150. The van der Waals surface area contributed by atoms with E-state index in [9.17, 15) is 9.59 Å². The summed E-state index contributed by atoms with van der Waals surface area (Å²) in [7, 11) is 1.39. The van der Waals surface area contributed by atoms with Crippen molar-refractivity contribution in [2.24, 2.45) is 5.41 Å². The molecule has 2 rings (SSSR count). The first-order valence-corrected chi connectivity index (χ1v) is 6.01. The van der Waals surface area contributed by atoms with Crippen molar-refractivity contribution in [3.8, 4) is 0 Å². The number of allylic oxidation sites excluding steroid dienone is 1. The average molecular weight is 244 g/mol. The molecule has 18 heavy (non-hydrogen) atoms. The Morgan fingerprint density at radius 1 is 1.33 bits per heavy atom. The molecule has 0 amide bonds. The van der Waals surface area contributed by atoms with Gasteiger partial charge in [0.25, 0.3) is 0 Å². The maximum absolute atomic E-state index is 12.0. The molecule has 0 N–H and O–H groups in total. The van der Waals surface area contributed by atoms with Gasteiger partial charge in [0.05, 0.1) is 12.5 Å². The lowest BCUT2D eigenvalue weighted by atomic mass is 9.74. The SMILES string of the molecule is COC(=O)[C@]1(Cc2ccccc2)C=CC(=O)CC1. The van der Waals surface area contributed by atoms with Crippen molar-refractivity contribution in [2.75, 3.05) is 7.11 Å². The van der Waals surface area contributed by atoms with E-state index in [-0.39, 0.29) is 11.8 Å². The highest BCUT2D eigenvalue weighted by Crippen LogP contribution is 2.35. The van der Waals surface area contributed by atoms with Gasteiger partial charge in [0, 0.05) is 6.42 Å². The summed E-state index contributed by atoms with van der Waals surface area (Å²) in [6.45, 7) is 0. The summed E-state index contributed by atoms with van der Waals surface area (Å²) in [5.74, 6) is -0.197. The summed E-state index contributed by atoms with van der Waals surface area (Å²) in [6, 6.07) is 9.79. The van der Waals surface area contributed by atoms with E-state index in [1.165, 1.54) is 13.2 Å². The van der Waals surface area contributed by atoms with Gasteiger partial charge in [-0.2, -0.15) is 0 Å². The topological polar surface area (TPSA) is 43.4 Å². The summed E-state index contributed by atoms with van der Waals surface area (Å²) in [5, 5.41) is 0. The van der Waals surface area contributed by atoms with Gasteiger partial charge in [0.1, 0.15) is 0 Å². The van der Waals surface area contributed by atoms with E-state index < -0.39 is 5.41 Å². The first kappa shape index (κ1) is 12.6. The molecule has 1 aliphatic carbocycles. The molecule has 0 bridgehead atoms. The van der Waals surface area contributed by atoms with Gasteiger partial charge >= 0.3 is 5.97 Å². The number of carbonyl (C=O) groups excluding carboxylic acids is 2. The molecular formula is C15H16O3. The van der Waals surface area contributed by atoms with E-state index in [2.05, 4.69) is 0 Å². The number of esters is 1. The maximum atomic E-state index is 12.0. The highest BCUT2D eigenvalue weighted by molar-refractivity contribution is 5.93. The van der Waals surface area contributed by atoms with Crippen LogP contribution in [0.15, 0.2) is 42.5 Å². The maximum Gasteiger partial charge on any atom is 0.316 e. The normalized spacial score (nSPS) is 22.8. The zero-order valence-electron chi connectivity index (χ0n) is 10.4. The minimum absolute atomic E-state index is 0.0718. The first-order chi connectivity index (χ1) is 8.66. The van der Waals surface area contributed by atoms with Crippen LogP contribution >= 0.6 is 0 Å². The van der Waals surface area contributed by atoms with Crippen molar-refractivity contribution in [2.45, 2.75) is 19.3 Å². The van der Waals surface area contributed by atoms with Gasteiger partial charge in [-0.1, -0.05) is 36.4 Å². The molecule has 1 aliphatic rings. The van der Waals surface area contributed by atoms with Gasteiger partial charge in [-0.05, 0) is 24.5 Å². The fraction of sp³-hybridized carbons (Fsp3) is 0.333. The van der Waals surface area contributed by atoms with Crippen LogP contribution in [0.25, 0.3) is 0 Å². The van der Waals surface area contributed by atoms with Crippen LogP contribution in [0.4, 0.5) is 0 Å². The Balaban J connectivity index is 2.29. The molecule has 0 heterocycles. The standard InChI is InChI=1S/C15H16O3/c1-18-14(17)15(9-7-13(16)8-10-15)11-12-5-3-2-4-6-12/h2-7,9H,8,10-11H2,1H3/t15-/m1/s1. The third-order valence-electron chi connectivity index (χ3n) is 3.36. The second-order valence-electron chi connectivity index (χ2n) is 4.61. The summed E-state index contributed by atoms with van der Waals surface area (Å²) >= 11 is 0. The molecule has 1 atom stereocenters. The van der Waals surface area contributed by atoms with Gasteiger partial charge < -0.3 is 4.74 Å². The molecule has 3 heteroatoms. The second kappa shape index (κ2) is 5.17. The molecule has 1 aromatic rings. The molecule has 0 radical (unpaired) electrons. The number of benzene rings is 1. The lowest BCUT2D eigenvalue weighted by Gasteiger charge is -2.29. The Morgan fingerprint density at radius 3 is 2.61 bits per heavy atom. The Morgan fingerprint density at radius 2 is 2.06 bits per heavy atom. The number of hydrogen-bond donors (Lipinski definition) is 0. The monoisotopic (exact) mass is 244 g/mol. The predicted molar refractivity (Wildman–Crippen MR) is 68.0 cm³/mol. The minimum atomic E-state index is -0.690. The van der Waals surface area contributed by atoms with Gasteiger partial charge in [-0.25, -0.2) is 0 Å². The van der Waals surface area contributed by atoms with E-state index >= 15 is 0 Å². The largest absolute Gasteiger partial charge is 0.468 e. The summed E-state index contributed by atoms with van der Waals surface area (Å²) in [4.78, 5) is 23.3. The van der Waals surface area contributed by atoms with Crippen molar-refractivity contribution in [3.05, 3.63) is 48.0 Å². The van der Waals surface area contributed by atoms with Crippen LogP contribution in [0.3, 0.4) is 0 Å². The first-order valence-electron chi connectivity index (χ1n) is 6.01. The van der Waals surface area contributed by atoms with Crippen LogP contribution in [0.5, 0.6) is 0 Å². The van der Waals surface area contributed by atoms with Crippen molar-refractivity contribution < 1.29 is 14.3 Å². The summed E-state index contributed by atoms with van der Waals surface area (Å²) in [6.07, 6.45) is 4.70. The quantitative estimate of drug-likeness (QED) is 0.766. The lowest BCUT2D eigenvalue weighted by Crippen LogP contribution is -2.35. The number of methoxy groups -OCH3 is 1. The van der Waals surface area contributed by atoms with Gasteiger partial charge in [0.15, 0.2) is 5.78 Å². The highest BCUT2D eigenvalue weighted by Gasteiger charge is 2.39. The fourth-order valence-electron chi connectivity index (χ4n) is 2.32. The third-order valence-corrected chi connectivity index (χ3v) is 3.36. The smallest absolute Gasteiger partial charge is 0.316 e. The summed E-state index contributed by atoms with van der Waals surface area (Å²) < 4.78 is 4.90. The number of hydrogen-bond acceptors (Lipinski definition) is 3. The molecule has 0 aromatic heterocycles. The Hall–Kier alpha value is -1.90. The third kappa shape index (κ3) is 2.50. The van der Waals surface area contributed by atoms with Crippen molar-refractivity contribution in [1.82, 2.24) is 0 Å². The average Bonchev–Trinajstić information content (AvgIpc) is 2.42. The molecule has 0 fully saturated rings. The molecule has 0 saturated heterocycles. The zero-order chi connectivity index (χ0) is 13.0. The number of ether oxygens (including phenoxy) is 1. The molecule has 94 valence electrons. The second-order valence-corrected chi connectivity index (χ2v) is 4.61. The summed E-state index contributed by atoms with van der Waals surface area (Å²) in [5.41, 5.74) is 0.381. The molecule has 0 aliphatic heterocycles. The van der Waals surface area contributed by atoms with E-state index in [1.807, 2.05) is 30.3 Å². The van der Waals surface area contributed by atoms with Gasteiger partial charge in [-0.3, -0.25) is 9.59 Å². The van der Waals surface area contributed by atoms with Crippen LogP contribution in [-0.2, 0) is 20.7 Å². The highest BCUT2D eigenvalue weighted by atomic mass is 16.5. The van der Waals surface area contributed by atoms with Crippen molar-refractivity contribution >= 4 is 11.8 Å². The van der Waals surface area contributed by atoms with Crippen molar-refractivity contribution in [1.29, 1.82) is 0 Å². The van der Waals surface area contributed by atoms with E-state index in [1.54, 1.807) is 6.08 Å². The molecular weight excluding hydrogens is 228 g/mol. The van der Waals surface area contributed by atoms with E-state index in [0.717, 1.165) is 5.56 Å².